The first-order valence-electron chi connectivity index (χ1n) is 11.5. The monoisotopic (exact) mass is 439 g/mol. The average molecular weight is 440 g/mol. The standard InChI is InChI=1S/C26H37N3O3/c1-19-6-7-21(15-20(19)2)5-4-12-29-13-11-28-18-23(29)10-14-32-24-9-8-22(17-26(27)30)16-25(24)31-3/h6-9,15-16,23,28H,4-5,10-14,17-18H2,1-3H3,(H2,27,30). The summed E-state index contributed by atoms with van der Waals surface area (Å²) in [5.74, 6) is 0.977. The summed E-state index contributed by atoms with van der Waals surface area (Å²) in [7, 11) is 1.61. The lowest BCUT2D eigenvalue weighted by atomic mass is 10.0. The number of methoxy groups -OCH3 is 1. The van der Waals surface area contributed by atoms with Gasteiger partial charge in [0, 0.05) is 25.7 Å². The number of primary amides is 1. The first-order valence-corrected chi connectivity index (χ1v) is 11.5. The maximum absolute atomic E-state index is 11.2. The largest absolute Gasteiger partial charge is 0.493 e. The molecule has 1 unspecified atom stereocenters. The second kappa shape index (κ2) is 11.9. The topological polar surface area (TPSA) is 76.8 Å². The number of nitrogens with one attached hydrogen (secondary N) is 1. The molecule has 0 aliphatic carbocycles. The number of nitrogens with zero attached hydrogens (tertiary/aromatic N) is 1. The summed E-state index contributed by atoms with van der Waals surface area (Å²) in [4.78, 5) is 13.7. The average Bonchev–Trinajstić information content (AvgIpc) is 2.77. The Morgan fingerprint density at radius 2 is 1.94 bits per heavy atom. The predicted octanol–water partition coefficient (Wildman–Crippen LogP) is 3.02. The van der Waals surface area contributed by atoms with E-state index in [4.69, 9.17) is 15.2 Å². The molecule has 0 spiro atoms. The molecule has 32 heavy (non-hydrogen) atoms. The molecule has 0 saturated carbocycles. The van der Waals surface area contributed by atoms with Crippen LogP contribution in [0.5, 0.6) is 11.5 Å². The van der Waals surface area contributed by atoms with Crippen molar-refractivity contribution in [1.29, 1.82) is 0 Å². The molecular weight excluding hydrogens is 402 g/mol. The van der Waals surface area contributed by atoms with Gasteiger partial charge in [-0.15, -0.1) is 0 Å². The van der Waals surface area contributed by atoms with Crippen molar-refractivity contribution in [3.63, 3.8) is 0 Å². The Hall–Kier alpha value is -2.57. The van der Waals surface area contributed by atoms with Crippen LogP contribution in [0.3, 0.4) is 0 Å². The van der Waals surface area contributed by atoms with Crippen LogP contribution < -0.4 is 20.5 Å². The number of hydrogen-bond acceptors (Lipinski definition) is 5. The molecule has 1 aliphatic rings. The molecule has 6 nitrogen and oxygen atoms in total. The first-order chi connectivity index (χ1) is 15.5. The van der Waals surface area contributed by atoms with Crippen LogP contribution in [0.25, 0.3) is 0 Å². The SMILES string of the molecule is COc1cc(CC(N)=O)ccc1OCCC1CNCCN1CCCc1ccc(C)c(C)c1. The Morgan fingerprint density at radius 3 is 2.69 bits per heavy atom. The fourth-order valence-electron chi connectivity index (χ4n) is 4.27. The summed E-state index contributed by atoms with van der Waals surface area (Å²) in [6.07, 6.45) is 3.42. The first kappa shape index (κ1) is 24.1. The van der Waals surface area contributed by atoms with Crippen molar-refractivity contribution >= 4 is 5.91 Å². The summed E-state index contributed by atoms with van der Waals surface area (Å²) < 4.78 is 11.5. The van der Waals surface area contributed by atoms with Gasteiger partial charge < -0.3 is 20.5 Å². The van der Waals surface area contributed by atoms with Gasteiger partial charge in [-0.05, 0) is 74.0 Å². The Kier molecular flexibility index (Phi) is 8.94. The molecule has 0 aromatic heterocycles. The van der Waals surface area contributed by atoms with Crippen molar-refractivity contribution in [3.8, 4) is 11.5 Å². The van der Waals surface area contributed by atoms with Crippen LogP contribution in [0.2, 0.25) is 0 Å². The highest BCUT2D eigenvalue weighted by Crippen LogP contribution is 2.28. The number of hydrogen-bond donors (Lipinski definition) is 2. The van der Waals surface area contributed by atoms with Crippen LogP contribution in [0, 0.1) is 13.8 Å². The van der Waals surface area contributed by atoms with E-state index >= 15 is 0 Å². The van der Waals surface area contributed by atoms with Crippen LogP contribution in [0.1, 0.15) is 35.1 Å². The maximum Gasteiger partial charge on any atom is 0.221 e. The van der Waals surface area contributed by atoms with Crippen molar-refractivity contribution in [2.24, 2.45) is 5.73 Å². The van der Waals surface area contributed by atoms with Gasteiger partial charge in [0.25, 0.3) is 0 Å². The Morgan fingerprint density at radius 1 is 1.12 bits per heavy atom. The zero-order valence-corrected chi connectivity index (χ0v) is 19.7. The molecule has 1 amide bonds. The van der Waals surface area contributed by atoms with Gasteiger partial charge in [-0.25, -0.2) is 0 Å². The third kappa shape index (κ3) is 6.97. The normalized spacial score (nSPS) is 16.7. The second-order valence-electron chi connectivity index (χ2n) is 8.68. The zero-order valence-electron chi connectivity index (χ0n) is 19.7. The molecule has 2 aromatic carbocycles. The third-order valence-corrected chi connectivity index (χ3v) is 6.27. The minimum Gasteiger partial charge on any atom is -0.493 e. The molecule has 174 valence electrons. The summed E-state index contributed by atoms with van der Waals surface area (Å²) in [6, 6.07) is 12.8. The number of carbonyl (C=O) groups excluding carboxylic acids is 1. The van der Waals surface area contributed by atoms with Gasteiger partial charge in [0.15, 0.2) is 11.5 Å². The van der Waals surface area contributed by atoms with Crippen LogP contribution in [-0.2, 0) is 17.6 Å². The molecule has 2 aromatic rings. The van der Waals surface area contributed by atoms with Gasteiger partial charge in [-0.3, -0.25) is 9.69 Å². The lowest BCUT2D eigenvalue weighted by Gasteiger charge is -2.36. The van der Waals surface area contributed by atoms with Crippen molar-refractivity contribution in [1.82, 2.24) is 10.2 Å². The van der Waals surface area contributed by atoms with E-state index in [9.17, 15) is 4.79 Å². The van der Waals surface area contributed by atoms with Crippen LogP contribution in [0.4, 0.5) is 0 Å². The highest BCUT2D eigenvalue weighted by atomic mass is 16.5. The number of carbonyl (C=O) groups is 1. The summed E-state index contributed by atoms with van der Waals surface area (Å²) in [5.41, 5.74) is 10.3. The minimum absolute atomic E-state index is 0.196. The summed E-state index contributed by atoms with van der Waals surface area (Å²) in [5, 5.41) is 3.52. The van der Waals surface area contributed by atoms with Gasteiger partial charge in [-0.2, -0.15) is 0 Å². The summed E-state index contributed by atoms with van der Waals surface area (Å²) >= 11 is 0. The van der Waals surface area contributed by atoms with Crippen molar-refractivity contribution in [2.45, 2.75) is 45.6 Å². The van der Waals surface area contributed by atoms with Crippen molar-refractivity contribution < 1.29 is 14.3 Å². The Labute approximate surface area is 192 Å². The molecule has 1 heterocycles. The fourth-order valence-corrected chi connectivity index (χ4v) is 4.27. The number of nitrogens with two attached hydrogens (primary N) is 1. The zero-order chi connectivity index (χ0) is 22.9. The number of rotatable bonds is 11. The molecule has 0 bridgehead atoms. The highest BCUT2D eigenvalue weighted by molar-refractivity contribution is 5.76. The number of ether oxygens (including phenoxy) is 2. The molecule has 1 aliphatic heterocycles. The molecule has 1 fully saturated rings. The molecule has 3 N–H and O–H groups in total. The fraction of sp³-hybridized carbons (Fsp3) is 0.500. The minimum atomic E-state index is -0.358. The number of piperazine rings is 1. The van der Waals surface area contributed by atoms with E-state index in [0.29, 0.717) is 24.1 Å². The summed E-state index contributed by atoms with van der Waals surface area (Å²) in [6.45, 7) is 9.17. The van der Waals surface area contributed by atoms with E-state index in [1.807, 2.05) is 18.2 Å². The maximum atomic E-state index is 11.2. The van der Waals surface area contributed by atoms with Crippen LogP contribution in [0.15, 0.2) is 36.4 Å². The van der Waals surface area contributed by atoms with E-state index in [1.165, 1.54) is 16.7 Å². The highest BCUT2D eigenvalue weighted by Gasteiger charge is 2.22. The van der Waals surface area contributed by atoms with E-state index < -0.39 is 0 Å². The molecule has 0 radical (unpaired) electrons. The number of benzene rings is 2. The van der Waals surface area contributed by atoms with Crippen molar-refractivity contribution in [3.05, 3.63) is 58.7 Å². The molecule has 1 atom stereocenters. The van der Waals surface area contributed by atoms with Gasteiger partial charge in [-0.1, -0.05) is 24.3 Å². The lowest BCUT2D eigenvalue weighted by molar-refractivity contribution is -0.117. The second-order valence-corrected chi connectivity index (χ2v) is 8.68. The van der Waals surface area contributed by atoms with E-state index in [-0.39, 0.29) is 12.3 Å². The number of aryl methyl sites for hydroxylation is 3. The smallest absolute Gasteiger partial charge is 0.221 e. The van der Waals surface area contributed by atoms with Crippen LogP contribution in [-0.4, -0.2) is 56.7 Å². The quantitative estimate of drug-likeness (QED) is 0.563. The third-order valence-electron chi connectivity index (χ3n) is 6.27. The van der Waals surface area contributed by atoms with E-state index in [2.05, 4.69) is 42.3 Å². The number of amides is 1. The van der Waals surface area contributed by atoms with E-state index in [1.54, 1.807) is 7.11 Å². The van der Waals surface area contributed by atoms with Crippen LogP contribution >= 0.6 is 0 Å². The van der Waals surface area contributed by atoms with Gasteiger partial charge >= 0.3 is 0 Å². The predicted molar refractivity (Wildman–Crippen MR) is 128 cm³/mol. The molecule has 6 heteroatoms. The van der Waals surface area contributed by atoms with Gasteiger partial charge in [0.1, 0.15) is 0 Å². The molecular formula is C26H37N3O3. The van der Waals surface area contributed by atoms with Gasteiger partial charge in [0.05, 0.1) is 20.1 Å². The molecule has 1 saturated heterocycles. The Balaban J connectivity index is 1.48. The lowest BCUT2D eigenvalue weighted by Crippen LogP contribution is -2.52. The Bertz CT molecular complexity index is 900. The van der Waals surface area contributed by atoms with Gasteiger partial charge in [0.2, 0.25) is 5.91 Å². The van der Waals surface area contributed by atoms with Crippen molar-refractivity contribution in [2.75, 3.05) is 39.9 Å². The van der Waals surface area contributed by atoms with E-state index in [0.717, 1.165) is 51.0 Å². The molecule has 3 rings (SSSR count).